The van der Waals surface area contributed by atoms with E-state index >= 15 is 0 Å². The number of rotatable bonds is 4. The summed E-state index contributed by atoms with van der Waals surface area (Å²) in [6.45, 7) is 5.20. The molecular weight excluding hydrogens is 224 g/mol. The van der Waals surface area contributed by atoms with Crippen molar-refractivity contribution in [1.29, 1.82) is 0 Å². The number of benzene rings is 1. The molecule has 3 N–H and O–H groups in total. The molecule has 0 radical (unpaired) electrons. The molecular formula is C12H19ClN2O. The Hall–Kier alpha value is -1.06. The Morgan fingerprint density at radius 2 is 2.19 bits per heavy atom. The van der Waals surface area contributed by atoms with E-state index in [-0.39, 0.29) is 18.3 Å². The molecule has 0 aliphatic carbocycles. The minimum atomic E-state index is -0.0287. The quantitative estimate of drug-likeness (QED) is 0.845. The number of hydrogen-bond acceptors (Lipinski definition) is 2. The summed E-state index contributed by atoms with van der Waals surface area (Å²) in [4.78, 5) is 11.7. The van der Waals surface area contributed by atoms with E-state index in [1.807, 2.05) is 38.1 Å². The van der Waals surface area contributed by atoms with Gasteiger partial charge in [0.25, 0.3) is 5.91 Å². The molecule has 0 bridgehead atoms. The van der Waals surface area contributed by atoms with Gasteiger partial charge in [-0.15, -0.1) is 12.4 Å². The SMILES string of the molecule is Cc1cccc(C(=O)NCC(C)CN)c1.Cl. The van der Waals surface area contributed by atoms with Gasteiger partial charge in [-0.3, -0.25) is 4.79 Å². The van der Waals surface area contributed by atoms with Gasteiger partial charge in [-0.2, -0.15) is 0 Å². The third-order valence-corrected chi connectivity index (χ3v) is 2.29. The van der Waals surface area contributed by atoms with Crippen molar-refractivity contribution in [3.05, 3.63) is 35.4 Å². The first-order chi connectivity index (χ1) is 7.13. The molecule has 0 fully saturated rings. The molecule has 4 heteroatoms. The second kappa shape index (κ2) is 7.25. The first-order valence-electron chi connectivity index (χ1n) is 5.18. The molecule has 90 valence electrons. The number of carbonyl (C=O) groups is 1. The lowest BCUT2D eigenvalue weighted by atomic mass is 10.1. The summed E-state index contributed by atoms with van der Waals surface area (Å²) in [6, 6.07) is 7.55. The Morgan fingerprint density at radius 3 is 2.75 bits per heavy atom. The van der Waals surface area contributed by atoms with E-state index < -0.39 is 0 Å². The van der Waals surface area contributed by atoms with Crippen molar-refractivity contribution in [2.24, 2.45) is 11.7 Å². The fraction of sp³-hybridized carbons (Fsp3) is 0.417. The highest BCUT2D eigenvalue weighted by molar-refractivity contribution is 5.94. The lowest BCUT2D eigenvalue weighted by molar-refractivity contribution is 0.0948. The van der Waals surface area contributed by atoms with Gasteiger partial charge in [0.2, 0.25) is 0 Å². The van der Waals surface area contributed by atoms with Crippen LogP contribution in [0, 0.1) is 12.8 Å². The van der Waals surface area contributed by atoms with Crippen molar-refractivity contribution in [1.82, 2.24) is 5.32 Å². The lowest BCUT2D eigenvalue weighted by Crippen LogP contribution is -2.31. The van der Waals surface area contributed by atoms with Crippen LogP contribution in [0.1, 0.15) is 22.8 Å². The predicted octanol–water partition coefficient (Wildman–Crippen LogP) is 1.74. The number of nitrogens with one attached hydrogen (secondary N) is 1. The Labute approximate surface area is 103 Å². The number of nitrogens with two attached hydrogens (primary N) is 1. The van der Waals surface area contributed by atoms with E-state index in [1.54, 1.807) is 0 Å². The maximum absolute atomic E-state index is 11.7. The van der Waals surface area contributed by atoms with Crippen LogP contribution < -0.4 is 11.1 Å². The van der Waals surface area contributed by atoms with Gasteiger partial charge in [0.1, 0.15) is 0 Å². The molecule has 3 nitrogen and oxygen atoms in total. The van der Waals surface area contributed by atoms with E-state index in [0.717, 1.165) is 5.56 Å². The van der Waals surface area contributed by atoms with Gasteiger partial charge in [0.15, 0.2) is 0 Å². The molecule has 0 saturated carbocycles. The maximum atomic E-state index is 11.7. The average molecular weight is 243 g/mol. The average Bonchev–Trinajstić information content (AvgIpc) is 2.25. The van der Waals surface area contributed by atoms with Gasteiger partial charge >= 0.3 is 0 Å². The predicted molar refractivity (Wildman–Crippen MR) is 69.0 cm³/mol. The molecule has 1 rings (SSSR count). The highest BCUT2D eigenvalue weighted by Crippen LogP contribution is 2.03. The van der Waals surface area contributed by atoms with Crippen molar-refractivity contribution in [3.8, 4) is 0 Å². The van der Waals surface area contributed by atoms with Gasteiger partial charge in [-0.05, 0) is 31.5 Å². The summed E-state index contributed by atoms with van der Waals surface area (Å²) >= 11 is 0. The Kier molecular flexibility index (Phi) is 6.77. The van der Waals surface area contributed by atoms with Crippen LogP contribution in [-0.4, -0.2) is 19.0 Å². The van der Waals surface area contributed by atoms with Crippen molar-refractivity contribution in [3.63, 3.8) is 0 Å². The largest absolute Gasteiger partial charge is 0.352 e. The Bertz CT molecular complexity index is 342. The van der Waals surface area contributed by atoms with E-state index in [9.17, 15) is 4.79 Å². The molecule has 0 spiro atoms. The number of halogens is 1. The molecule has 1 aromatic carbocycles. The number of amides is 1. The van der Waals surface area contributed by atoms with Crippen LogP contribution in [0.25, 0.3) is 0 Å². The molecule has 1 unspecified atom stereocenters. The van der Waals surface area contributed by atoms with Crippen LogP contribution in [-0.2, 0) is 0 Å². The lowest BCUT2D eigenvalue weighted by Gasteiger charge is -2.10. The molecule has 0 aliphatic heterocycles. The van der Waals surface area contributed by atoms with Gasteiger partial charge in [0.05, 0.1) is 0 Å². The van der Waals surface area contributed by atoms with Crippen LogP contribution >= 0.6 is 12.4 Å². The number of aryl methyl sites for hydroxylation is 1. The fourth-order valence-corrected chi connectivity index (χ4v) is 1.24. The van der Waals surface area contributed by atoms with E-state index in [1.165, 1.54) is 0 Å². The first-order valence-corrected chi connectivity index (χ1v) is 5.18. The third kappa shape index (κ3) is 4.64. The minimum Gasteiger partial charge on any atom is -0.352 e. The van der Waals surface area contributed by atoms with Gasteiger partial charge in [0, 0.05) is 12.1 Å². The molecule has 0 aliphatic rings. The Morgan fingerprint density at radius 1 is 1.50 bits per heavy atom. The molecule has 0 aromatic heterocycles. The zero-order valence-corrected chi connectivity index (χ0v) is 10.5. The summed E-state index contributed by atoms with van der Waals surface area (Å²) in [5.41, 5.74) is 7.27. The third-order valence-electron chi connectivity index (χ3n) is 2.29. The molecule has 1 amide bonds. The van der Waals surface area contributed by atoms with Crippen molar-refractivity contribution >= 4 is 18.3 Å². The van der Waals surface area contributed by atoms with Crippen LogP contribution in [0.2, 0.25) is 0 Å². The minimum absolute atomic E-state index is 0. The number of carbonyl (C=O) groups excluding carboxylic acids is 1. The van der Waals surface area contributed by atoms with Crippen molar-refractivity contribution < 1.29 is 4.79 Å². The summed E-state index contributed by atoms with van der Waals surface area (Å²) in [5, 5.41) is 2.86. The van der Waals surface area contributed by atoms with Gasteiger partial charge in [-0.25, -0.2) is 0 Å². The van der Waals surface area contributed by atoms with Crippen molar-refractivity contribution in [2.75, 3.05) is 13.1 Å². The normalized spacial score (nSPS) is 11.4. The van der Waals surface area contributed by atoms with Crippen LogP contribution in [0.15, 0.2) is 24.3 Å². The standard InChI is InChI=1S/C12H18N2O.ClH/c1-9-4-3-5-11(6-9)12(15)14-8-10(2)7-13;/h3-6,10H,7-8,13H2,1-2H3,(H,14,15);1H. The van der Waals surface area contributed by atoms with Crippen LogP contribution in [0.5, 0.6) is 0 Å². The van der Waals surface area contributed by atoms with E-state index in [4.69, 9.17) is 5.73 Å². The maximum Gasteiger partial charge on any atom is 0.251 e. The Balaban J connectivity index is 0.00000225. The van der Waals surface area contributed by atoms with Crippen molar-refractivity contribution in [2.45, 2.75) is 13.8 Å². The fourth-order valence-electron chi connectivity index (χ4n) is 1.24. The van der Waals surface area contributed by atoms with Gasteiger partial charge in [-0.1, -0.05) is 24.6 Å². The second-order valence-corrected chi connectivity index (χ2v) is 3.92. The monoisotopic (exact) mass is 242 g/mol. The molecule has 0 saturated heterocycles. The smallest absolute Gasteiger partial charge is 0.251 e. The topological polar surface area (TPSA) is 55.1 Å². The highest BCUT2D eigenvalue weighted by Gasteiger charge is 2.06. The zero-order valence-electron chi connectivity index (χ0n) is 9.69. The summed E-state index contributed by atoms with van der Waals surface area (Å²) in [7, 11) is 0. The molecule has 0 heterocycles. The molecule has 1 aromatic rings. The molecule has 1 atom stereocenters. The van der Waals surface area contributed by atoms with E-state index in [0.29, 0.717) is 24.6 Å². The zero-order chi connectivity index (χ0) is 11.3. The van der Waals surface area contributed by atoms with Crippen LogP contribution in [0.3, 0.4) is 0 Å². The van der Waals surface area contributed by atoms with Crippen LogP contribution in [0.4, 0.5) is 0 Å². The van der Waals surface area contributed by atoms with E-state index in [2.05, 4.69) is 5.32 Å². The first kappa shape index (κ1) is 14.9. The summed E-state index contributed by atoms with van der Waals surface area (Å²) in [6.07, 6.45) is 0. The second-order valence-electron chi connectivity index (χ2n) is 3.92. The highest BCUT2D eigenvalue weighted by atomic mass is 35.5. The van der Waals surface area contributed by atoms with Gasteiger partial charge < -0.3 is 11.1 Å². The summed E-state index contributed by atoms with van der Waals surface area (Å²) < 4.78 is 0. The number of hydrogen-bond donors (Lipinski definition) is 2. The summed E-state index contributed by atoms with van der Waals surface area (Å²) in [5.74, 6) is 0.290. The molecule has 16 heavy (non-hydrogen) atoms.